The molecule has 1 aromatic heterocycles. The molecule has 6 nitrogen and oxygen atoms in total. The van der Waals surface area contributed by atoms with Gasteiger partial charge in [-0.15, -0.1) is 0 Å². The third kappa shape index (κ3) is 6.54. The van der Waals surface area contributed by atoms with Gasteiger partial charge in [-0.05, 0) is 43.7 Å². The summed E-state index contributed by atoms with van der Waals surface area (Å²) in [7, 11) is 0. The van der Waals surface area contributed by atoms with Crippen LogP contribution in [0.3, 0.4) is 0 Å². The normalized spacial score (nSPS) is 11.1. The first-order valence-electron chi connectivity index (χ1n) is 10.1. The second-order valence-corrected chi connectivity index (χ2v) is 7.73. The van der Waals surface area contributed by atoms with Crippen molar-refractivity contribution in [3.8, 4) is 11.1 Å². The molecule has 0 aliphatic carbocycles. The molecule has 0 bridgehead atoms. The lowest BCUT2D eigenvalue weighted by Crippen LogP contribution is -2.23. The summed E-state index contributed by atoms with van der Waals surface area (Å²) in [5.74, 6) is 0.392. The number of nitrogens with one attached hydrogen (secondary N) is 1. The first kappa shape index (κ1) is 22.8. The third-order valence-electron chi connectivity index (χ3n) is 4.74. The number of rotatable bonds is 10. The molecule has 6 heteroatoms. The molecule has 0 aliphatic rings. The zero-order valence-corrected chi connectivity index (χ0v) is 17.8. The van der Waals surface area contributed by atoms with Gasteiger partial charge in [-0.3, -0.25) is 4.98 Å². The lowest BCUT2D eigenvalue weighted by molar-refractivity contribution is 0.104. The largest absolute Gasteiger partial charge is 0.465 e. The van der Waals surface area contributed by atoms with Gasteiger partial charge in [0, 0.05) is 42.3 Å². The van der Waals surface area contributed by atoms with Crippen molar-refractivity contribution >= 4 is 6.09 Å². The molecule has 3 N–H and O–H groups in total. The first-order valence-corrected chi connectivity index (χ1v) is 10.1. The summed E-state index contributed by atoms with van der Waals surface area (Å²) in [6, 6.07) is 8.23. The summed E-state index contributed by atoms with van der Waals surface area (Å²) in [5, 5.41) is 20.7. The molecule has 0 fully saturated rings. The zero-order chi connectivity index (χ0) is 21.4. The van der Waals surface area contributed by atoms with Crippen LogP contribution in [0, 0.1) is 19.8 Å². The summed E-state index contributed by atoms with van der Waals surface area (Å²) in [6.07, 6.45) is 0.282. The average molecular weight is 401 g/mol. The summed E-state index contributed by atoms with van der Waals surface area (Å²) >= 11 is 0. The highest BCUT2D eigenvalue weighted by Gasteiger charge is 2.20. The van der Waals surface area contributed by atoms with Crippen LogP contribution in [0.15, 0.2) is 24.3 Å². The standard InChI is InChI=1S/C23H32N2O4/c1-15(2)12-21-19(13-24-23(27)28)22(18-8-6-16(3)7-9-18)20(17(4)25-21)14-29-11-5-10-26/h6-9,15,24,26H,5,10-14H2,1-4H3,(H,27,28). The first-order chi connectivity index (χ1) is 13.8. The fourth-order valence-corrected chi connectivity index (χ4v) is 3.34. The number of nitrogens with zero attached hydrogens (tertiary/aromatic N) is 1. The third-order valence-corrected chi connectivity index (χ3v) is 4.74. The van der Waals surface area contributed by atoms with E-state index in [0.29, 0.717) is 25.6 Å². The smallest absolute Gasteiger partial charge is 0.404 e. The highest BCUT2D eigenvalue weighted by atomic mass is 16.5. The molecule has 158 valence electrons. The number of aromatic nitrogens is 1. The molecule has 0 radical (unpaired) electrons. The Hall–Kier alpha value is -2.44. The molecule has 29 heavy (non-hydrogen) atoms. The van der Waals surface area contributed by atoms with E-state index in [1.165, 1.54) is 0 Å². The van der Waals surface area contributed by atoms with Crippen molar-refractivity contribution in [3.63, 3.8) is 0 Å². The van der Waals surface area contributed by atoms with Crippen LogP contribution in [0.1, 0.15) is 48.3 Å². The maximum atomic E-state index is 11.2. The van der Waals surface area contributed by atoms with E-state index in [2.05, 4.69) is 43.4 Å². The van der Waals surface area contributed by atoms with E-state index in [1.54, 1.807) is 0 Å². The minimum atomic E-state index is -1.06. The van der Waals surface area contributed by atoms with Crippen molar-refractivity contribution in [2.75, 3.05) is 13.2 Å². The van der Waals surface area contributed by atoms with Gasteiger partial charge in [0.05, 0.1) is 6.61 Å². The summed E-state index contributed by atoms with van der Waals surface area (Å²) in [5.41, 5.74) is 6.84. The lowest BCUT2D eigenvalue weighted by Gasteiger charge is -2.22. The van der Waals surface area contributed by atoms with Gasteiger partial charge in [0.2, 0.25) is 0 Å². The number of ether oxygens (including phenoxy) is 1. The van der Waals surface area contributed by atoms with E-state index < -0.39 is 6.09 Å². The summed E-state index contributed by atoms with van der Waals surface area (Å²) in [6.45, 7) is 9.37. The van der Waals surface area contributed by atoms with Gasteiger partial charge in [0.25, 0.3) is 0 Å². The van der Waals surface area contributed by atoms with Crippen LogP contribution in [0.5, 0.6) is 0 Å². The second kappa shape index (κ2) is 10.9. The van der Waals surface area contributed by atoms with Gasteiger partial charge in [0.15, 0.2) is 0 Å². The quantitative estimate of drug-likeness (QED) is 0.519. The Morgan fingerprint density at radius 2 is 1.86 bits per heavy atom. The van der Waals surface area contributed by atoms with Gasteiger partial charge < -0.3 is 20.3 Å². The van der Waals surface area contributed by atoms with Crippen molar-refractivity contribution in [1.29, 1.82) is 0 Å². The molecule has 1 aromatic carbocycles. The van der Waals surface area contributed by atoms with Crippen molar-refractivity contribution in [2.45, 2.75) is 53.7 Å². The number of amides is 1. The van der Waals surface area contributed by atoms with E-state index in [4.69, 9.17) is 14.8 Å². The molecule has 1 heterocycles. The van der Waals surface area contributed by atoms with Gasteiger partial charge in [-0.25, -0.2) is 4.79 Å². The van der Waals surface area contributed by atoms with Gasteiger partial charge in [-0.1, -0.05) is 43.7 Å². The maximum absolute atomic E-state index is 11.2. The fourth-order valence-electron chi connectivity index (χ4n) is 3.34. The lowest BCUT2D eigenvalue weighted by atomic mass is 9.90. The highest BCUT2D eigenvalue weighted by molar-refractivity contribution is 5.74. The van der Waals surface area contributed by atoms with Crippen LogP contribution in [0.2, 0.25) is 0 Å². The van der Waals surface area contributed by atoms with Crippen LogP contribution >= 0.6 is 0 Å². The molecule has 0 unspecified atom stereocenters. The molecular weight excluding hydrogens is 368 g/mol. The Morgan fingerprint density at radius 3 is 2.45 bits per heavy atom. The molecule has 0 aliphatic heterocycles. The van der Waals surface area contributed by atoms with Crippen molar-refractivity contribution in [3.05, 3.63) is 52.3 Å². The summed E-state index contributed by atoms with van der Waals surface area (Å²) in [4.78, 5) is 16.0. The molecule has 2 rings (SSSR count). The topological polar surface area (TPSA) is 91.7 Å². The molecular formula is C23H32N2O4. The molecule has 0 atom stereocenters. The Balaban J connectivity index is 2.62. The Kier molecular flexibility index (Phi) is 8.61. The van der Waals surface area contributed by atoms with Crippen LogP contribution in [-0.2, 0) is 24.3 Å². The number of carbonyl (C=O) groups is 1. The minimum Gasteiger partial charge on any atom is -0.465 e. The van der Waals surface area contributed by atoms with Crippen LogP contribution in [0.4, 0.5) is 4.79 Å². The second-order valence-electron chi connectivity index (χ2n) is 7.73. The van der Waals surface area contributed by atoms with E-state index in [-0.39, 0.29) is 13.2 Å². The number of aryl methyl sites for hydroxylation is 2. The maximum Gasteiger partial charge on any atom is 0.404 e. The van der Waals surface area contributed by atoms with E-state index in [1.807, 2.05) is 13.8 Å². The highest BCUT2D eigenvalue weighted by Crippen LogP contribution is 2.33. The Labute approximate surface area is 173 Å². The predicted octanol–water partition coefficient (Wildman–Crippen LogP) is 4.23. The van der Waals surface area contributed by atoms with Gasteiger partial charge in [0.1, 0.15) is 0 Å². The number of aliphatic hydroxyl groups excluding tert-OH is 1. The monoisotopic (exact) mass is 400 g/mol. The van der Waals surface area contributed by atoms with Crippen LogP contribution < -0.4 is 5.32 Å². The summed E-state index contributed by atoms with van der Waals surface area (Å²) < 4.78 is 5.79. The molecule has 0 saturated carbocycles. The zero-order valence-electron chi connectivity index (χ0n) is 17.8. The molecule has 2 aromatic rings. The fraction of sp³-hybridized carbons (Fsp3) is 0.478. The SMILES string of the molecule is Cc1ccc(-c2c(COCCCO)c(C)nc(CC(C)C)c2CNC(=O)O)cc1. The molecule has 1 amide bonds. The van der Waals surface area contributed by atoms with E-state index in [9.17, 15) is 9.90 Å². The minimum absolute atomic E-state index is 0.0865. The number of hydrogen-bond donors (Lipinski definition) is 3. The van der Waals surface area contributed by atoms with E-state index >= 15 is 0 Å². The van der Waals surface area contributed by atoms with Crippen LogP contribution in [0.25, 0.3) is 11.1 Å². The molecule has 0 spiro atoms. The van der Waals surface area contributed by atoms with E-state index in [0.717, 1.165) is 45.6 Å². The Morgan fingerprint density at radius 1 is 1.17 bits per heavy atom. The van der Waals surface area contributed by atoms with Crippen molar-refractivity contribution < 1.29 is 19.7 Å². The number of benzene rings is 1. The Bertz CT molecular complexity index is 817. The molecule has 0 saturated heterocycles. The predicted molar refractivity (Wildman–Crippen MR) is 114 cm³/mol. The average Bonchev–Trinajstić information content (AvgIpc) is 2.65. The number of hydrogen-bond acceptors (Lipinski definition) is 4. The number of pyridine rings is 1. The number of aliphatic hydroxyl groups is 1. The van der Waals surface area contributed by atoms with Crippen molar-refractivity contribution in [2.24, 2.45) is 5.92 Å². The van der Waals surface area contributed by atoms with Gasteiger partial charge >= 0.3 is 6.09 Å². The van der Waals surface area contributed by atoms with Crippen molar-refractivity contribution in [1.82, 2.24) is 10.3 Å². The van der Waals surface area contributed by atoms with Gasteiger partial charge in [-0.2, -0.15) is 0 Å². The number of carboxylic acid groups (broad SMARTS) is 1. The van der Waals surface area contributed by atoms with Crippen LogP contribution in [-0.4, -0.2) is 34.5 Å².